The number of rotatable bonds is 4. The highest BCUT2D eigenvalue weighted by Gasteiger charge is 2.19. The molecular weight excluding hydrogens is 369 g/mol. The minimum absolute atomic E-state index is 0.140. The SMILES string of the molecule is CC(C)(C)c1ccccc1NC(=O)c1cncc(C(=O)Nc2ccc(F)cc2)c1. The third-order valence-electron chi connectivity index (χ3n) is 4.35. The molecular formula is C23H22FN3O2. The molecule has 0 aliphatic carbocycles. The fraction of sp³-hybridized carbons (Fsp3) is 0.174. The number of halogens is 1. The Hall–Kier alpha value is -3.54. The van der Waals surface area contributed by atoms with Gasteiger partial charge in [0.1, 0.15) is 5.82 Å². The van der Waals surface area contributed by atoms with Crippen LogP contribution < -0.4 is 10.6 Å². The maximum absolute atomic E-state index is 13.0. The molecule has 0 radical (unpaired) electrons. The van der Waals surface area contributed by atoms with Crippen molar-refractivity contribution in [3.8, 4) is 0 Å². The van der Waals surface area contributed by atoms with E-state index in [-0.39, 0.29) is 28.3 Å². The molecule has 0 unspecified atom stereocenters. The van der Waals surface area contributed by atoms with E-state index in [1.54, 1.807) is 0 Å². The highest BCUT2D eigenvalue weighted by atomic mass is 19.1. The van der Waals surface area contributed by atoms with Gasteiger partial charge < -0.3 is 10.6 Å². The molecule has 6 heteroatoms. The van der Waals surface area contributed by atoms with Crippen LogP contribution in [-0.4, -0.2) is 16.8 Å². The fourth-order valence-electron chi connectivity index (χ4n) is 2.87. The lowest BCUT2D eigenvalue weighted by molar-refractivity contribution is 0.102. The topological polar surface area (TPSA) is 71.1 Å². The van der Waals surface area contributed by atoms with Crippen LogP contribution in [0.25, 0.3) is 0 Å². The predicted molar refractivity (Wildman–Crippen MR) is 112 cm³/mol. The maximum Gasteiger partial charge on any atom is 0.257 e. The minimum Gasteiger partial charge on any atom is -0.322 e. The van der Waals surface area contributed by atoms with Crippen LogP contribution in [0.4, 0.5) is 15.8 Å². The van der Waals surface area contributed by atoms with Gasteiger partial charge in [-0.2, -0.15) is 0 Å². The Morgan fingerprint density at radius 3 is 2.07 bits per heavy atom. The fourth-order valence-corrected chi connectivity index (χ4v) is 2.87. The molecule has 2 aromatic carbocycles. The molecule has 5 nitrogen and oxygen atoms in total. The number of para-hydroxylation sites is 1. The molecule has 0 bridgehead atoms. The second kappa shape index (κ2) is 8.22. The molecule has 0 aliphatic heterocycles. The molecule has 0 saturated heterocycles. The molecule has 0 fully saturated rings. The van der Waals surface area contributed by atoms with Crippen molar-refractivity contribution in [2.75, 3.05) is 10.6 Å². The normalized spacial score (nSPS) is 11.0. The zero-order chi connectivity index (χ0) is 21.0. The summed E-state index contributed by atoms with van der Waals surface area (Å²) in [4.78, 5) is 29.2. The van der Waals surface area contributed by atoms with Crippen LogP contribution in [0.3, 0.4) is 0 Å². The van der Waals surface area contributed by atoms with Gasteiger partial charge in [-0.15, -0.1) is 0 Å². The van der Waals surface area contributed by atoms with Crippen molar-refractivity contribution in [1.29, 1.82) is 0 Å². The average molecular weight is 391 g/mol. The minimum atomic E-state index is -0.436. The van der Waals surface area contributed by atoms with E-state index in [0.717, 1.165) is 5.56 Å². The summed E-state index contributed by atoms with van der Waals surface area (Å²) in [5.41, 5.74) is 2.52. The van der Waals surface area contributed by atoms with Crippen molar-refractivity contribution in [2.24, 2.45) is 0 Å². The van der Waals surface area contributed by atoms with E-state index in [9.17, 15) is 14.0 Å². The van der Waals surface area contributed by atoms with E-state index in [1.807, 2.05) is 24.3 Å². The first-order valence-electron chi connectivity index (χ1n) is 9.17. The number of pyridine rings is 1. The number of hydrogen-bond acceptors (Lipinski definition) is 3. The van der Waals surface area contributed by atoms with Crippen LogP contribution in [0, 0.1) is 5.82 Å². The molecule has 1 aromatic heterocycles. The molecule has 3 aromatic rings. The van der Waals surface area contributed by atoms with Crippen molar-refractivity contribution in [2.45, 2.75) is 26.2 Å². The van der Waals surface area contributed by atoms with Crippen LogP contribution in [0.1, 0.15) is 47.1 Å². The quantitative estimate of drug-likeness (QED) is 0.656. The van der Waals surface area contributed by atoms with E-state index in [4.69, 9.17) is 0 Å². The van der Waals surface area contributed by atoms with Gasteiger partial charge in [-0.05, 0) is 47.4 Å². The summed E-state index contributed by atoms with van der Waals surface area (Å²) >= 11 is 0. The summed E-state index contributed by atoms with van der Waals surface area (Å²) < 4.78 is 13.0. The molecule has 0 saturated carbocycles. The van der Waals surface area contributed by atoms with Gasteiger partial charge in [-0.1, -0.05) is 39.0 Å². The van der Waals surface area contributed by atoms with E-state index in [1.165, 1.54) is 42.7 Å². The Balaban J connectivity index is 1.78. The molecule has 2 N–H and O–H groups in total. The Bertz CT molecular complexity index is 1040. The number of nitrogens with zero attached hydrogens (tertiary/aromatic N) is 1. The molecule has 1 heterocycles. The highest BCUT2D eigenvalue weighted by Crippen LogP contribution is 2.29. The number of carbonyl (C=O) groups excluding carboxylic acids is 2. The Labute approximate surface area is 169 Å². The second-order valence-electron chi connectivity index (χ2n) is 7.67. The monoisotopic (exact) mass is 391 g/mol. The van der Waals surface area contributed by atoms with Crippen LogP contribution in [-0.2, 0) is 5.41 Å². The first kappa shape index (κ1) is 20.2. The number of nitrogens with one attached hydrogen (secondary N) is 2. The van der Waals surface area contributed by atoms with Gasteiger partial charge in [0, 0.05) is 23.8 Å². The molecule has 29 heavy (non-hydrogen) atoms. The van der Waals surface area contributed by atoms with E-state index < -0.39 is 5.91 Å². The van der Waals surface area contributed by atoms with Gasteiger partial charge in [-0.25, -0.2) is 4.39 Å². The summed E-state index contributed by atoms with van der Waals surface area (Å²) in [5, 5.41) is 5.56. The van der Waals surface area contributed by atoms with Crippen molar-refractivity contribution in [3.63, 3.8) is 0 Å². The zero-order valence-corrected chi connectivity index (χ0v) is 16.5. The van der Waals surface area contributed by atoms with Crippen molar-refractivity contribution >= 4 is 23.2 Å². The largest absolute Gasteiger partial charge is 0.322 e. The van der Waals surface area contributed by atoms with Crippen LogP contribution in [0.2, 0.25) is 0 Å². The van der Waals surface area contributed by atoms with Crippen LogP contribution in [0.5, 0.6) is 0 Å². The molecule has 0 aliphatic rings. The summed E-state index contributed by atoms with van der Waals surface area (Å²) in [6.45, 7) is 6.21. The first-order chi connectivity index (χ1) is 13.7. The Kier molecular flexibility index (Phi) is 5.73. The lowest BCUT2D eigenvalue weighted by Gasteiger charge is -2.23. The van der Waals surface area contributed by atoms with E-state index in [2.05, 4.69) is 36.4 Å². The van der Waals surface area contributed by atoms with E-state index in [0.29, 0.717) is 11.4 Å². The lowest BCUT2D eigenvalue weighted by Crippen LogP contribution is -2.19. The predicted octanol–water partition coefficient (Wildman–Crippen LogP) is 5.02. The Morgan fingerprint density at radius 1 is 0.862 bits per heavy atom. The number of amides is 2. The van der Waals surface area contributed by atoms with Gasteiger partial charge in [0.2, 0.25) is 0 Å². The average Bonchev–Trinajstić information content (AvgIpc) is 2.69. The van der Waals surface area contributed by atoms with Gasteiger partial charge in [0.25, 0.3) is 11.8 Å². The number of carbonyl (C=O) groups is 2. The van der Waals surface area contributed by atoms with Crippen molar-refractivity contribution < 1.29 is 14.0 Å². The van der Waals surface area contributed by atoms with Crippen molar-refractivity contribution in [1.82, 2.24) is 4.98 Å². The standard InChI is InChI=1S/C23H22FN3O2/c1-23(2,3)19-6-4-5-7-20(19)27-22(29)16-12-15(13-25-14-16)21(28)26-18-10-8-17(24)9-11-18/h4-14H,1-3H3,(H,26,28)(H,27,29). The summed E-state index contributed by atoms with van der Waals surface area (Å²) in [7, 11) is 0. The zero-order valence-electron chi connectivity index (χ0n) is 16.5. The van der Waals surface area contributed by atoms with Gasteiger partial charge >= 0.3 is 0 Å². The smallest absolute Gasteiger partial charge is 0.257 e. The number of hydrogen-bond donors (Lipinski definition) is 2. The highest BCUT2D eigenvalue weighted by molar-refractivity contribution is 6.08. The molecule has 3 rings (SSSR count). The lowest BCUT2D eigenvalue weighted by atomic mass is 9.86. The number of benzene rings is 2. The Morgan fingerprint density at radius 2 is 1.45 bits per heavy atom. The third kappa shape index (κ3) is 5.04. The molecule has 0 spiro atoms. The van der Waals surface area contributed by atoms with Gasteiger partial charge in [-0.3, -0.25) is 14.6 Å². The van der Waals surface area contributed by atoms with Crippen molar-refractivity contribution in [3.05, 3.63) is 89.5 Å². The summed E-state index contributed by atoms with van der Waals surface area (Å²) in [6.07, 6.45) is 2.78. The summed E-state index contributed by atoms with van der Waals surface area (Å²) in [6, 6.07) is 14.5. The van der Waals surface area contributed by atoms with Gasteiger partial charge in [0.15, 0.2) is 0 Å². The first-order valence-corrected chi connectivity index (χ1v) is 9.17. The number of aromatic nitrogens is 1. The van der Waals surface area contributed by atoms with Gasteiger partial charge in [0.05, 0.1) is 11.1 Å². The molecule has 148 valence electrons. The third-order valence-corrected chi connectivity index (χ3v) is 4.35. The molecule has 2 amide bonds. The van der Waals surface area contributed by atoms with Crippen LogP contribution in [0.15, 0.2) is 67.0 Å². The summed E-state index contributed by atoms with van der Waals surface area (Å²) in [5.74, 6) is -1.18. The van der Waals surface area contributed by atoms with E-state index >= 15 is 0 Å². The van der Waals surface area contributed by atoms with Crippen LogP contribution >= 0.6 is 0 Å². The maximum atomic E-state index is 13.0. The molecule has 0 atom stereocenters. The number of anilines is 2. The second-order valence-corrected chi connectivity index (χ2v) is 7.67.